The van der Waals surface area contributed by atoms with Gasteiger partial charge in [0, 0.05) is 45.4 Å². The molecule has 0 saturated carbocycles. The number of carbonyl (C=O) groups excluding carboxylic acids is 2. The van der Waals surface area contributed by atoms with E-state index < -0.39 is 0 Å². The number of aromatic hydroxyl groups is 2. The Kier molecular flexibility index (Phi) is 14.9. The van der Waals surface area contributed by atoms with Crippen LogP contribution in [0.3, 0.4) is 0 Å². The van der Waals surface area contributed by atoms with E-state index in [2.05, 4.69) is 10.6 Å². The molecule has 0 unspecified atom stereocenters. The van der Waals surface area contributed by atoms with Crippen LogP contribution in [0.25, 0.3) is 0 Å². The summed E-state index contributed by atoms with van der Waals surface area (Å²) in [7, 11) is 7.79. The highest BCUT2D eigenvalue weighted by atomic mass is 16.5. The van der Waals surface area contributed by atoms with E-state index in [0.717, 1.165) is 39.9 Å². The van der Waals surface area contributed by atoms with Crippen molar-refractivity contribution in [3.8, 4) is 23.0 Å². The summed E-state index contributed by atoms with van der Waals surface area (Å²) in [5.41, 5.74) is 6.42. The first-order chi connectivity index (χ1) is 25.0. The Bertz CT molecular complexity index is 1810. The van der Waals surface area contributed by atoms with Gasteiger partial charge < -0.3 is 40.1 Å². The van der Waals surface area contributed by atoms with Gasteiger partial charge in [0.15, 0.2) is 13.2 Å². The number of carbonyl (C=O) groups is 2. The van der Waals surface area contributed by atoms with Crippen molar-refractivity contribution in [3.05, 3.63) is 117 Å². The number of amides is 2. The second-order valence-corrected chi connectivity index (χ2v) is 13.6. The van der Waals surface area contributed by atoms with E-state index in [0.29, 0.717) is 67.9 Å². The third-order valence-corrected chi connectivity index (χ3v) is 8.86. The van der Waals surface area contributed by atoms with Gasteiger partial charge >= 0.3 is 0 Å². The van der Waals surface area contributed by atoms with Gasteiger partial charge in [0.2, 0.25) is 0 Å². The first-order valence-corrected chi connectivity index (χ1v) is 17.8. The predicted molar refractivity (Wildman–Crippen MR) is 206 cm³/mol. The highest BCUT2D eigenvalue weighted by Crippen LogP contribution is 2.35. The molecule has 2 amide bonds. The Morgan fingerprint density at radius 1 is 0.577 bits per heavy atom. The quantitative estimate of drug-likeness (QED) is 0.109. The van der Waals surface area contributed by atoms with Gasteiger partial charge in [0.25, 0.3) is 11.8 Å². The Morgan fingerprint density at radius 3 is 1.38 bits per heavy atom. The third-order valence-electron chi connectivity index (χ3n) is 8.86. The Hall–Kier alpha value is -5.06. The molecule has 0 aromatic heterocycles. The molecule has 0 aliphatic heterocycles. The summed E-state index contributed by atoms with van der Waals surface area (Å²) in [6.45, 7) is 6.14. The monoisotopic (exact) mass is 710 g/mol. The molecule has 52 heavy (non-hydrogen) atoms. The third kappa shape index (κ3) is 11.5. The van der Waals surface area contributed by atoms with Gasteiger partial charge in [-0.15, -0.1) is 0 Å². The first-order valence-electron chi connectivity index (χ1n) is 17.8. The predicted octanol–water partition coefficient (Wildman–Crippen LogP) is 4.85. The van der Waals surface area contributed by atoms with Crippen LogP contribution in [0.15, 0.2) is 72.8 Å². The van der Waals surface area contributed by atoms with Gasteiger partial charge in [0.1, 0.15) is 23.0 Å². The van der Waals surface area contributed by atoms with Crippen LogP contribution in [0.4, 0.5) is 0 Å². The number of nitrogens with zero attached hydrogens (tertiary/aromatic N) is 2. The van der Waals surface area contributed by atoms with Crippen molar-refractivity contribution < 1.29 is 29.3 Å². The van der Waals surface area contributed by atoms with Crippen LogP contribution >= 0.6 is 0 Å². The molecule has 10 heteroatoms. The number of benzene rings is 4. The maximum Gasteiger partial charge on any atom is 0.257 e. The molecule has 4 aromatic carbocycles. The zero-order valence-corrected chi connectivity index (χ0v) is 31.4. The largest absolute Gasteiger partial charge is 0.507 e. The summed E-state index contributed by atoms with van der Waals surface area (Å²) < 4.78 is 12.3. The maximum atomic E-state index is 12.8. The number of aryl methyl sites for hydroxylation is 2. The van der Waals surface area contributed by atoms with Gasteiger partial charge in [0.05, 0.1) is 0 Å². The molecule has 278 valence electrons. The number of ether oxygens (including phenoxy) is 2. The summed E-state index contributed by atoms with van der Waals surface area (Å²) >= 11 is 0. The molecule has 0 atom stereocenters. The molecule has 0 aliphatic rings. The van der Waals surface area contributed by atoms with Crippen molar-refractivity contribution in [1.82, 2.24) is 20.4 Å². The van der Waals surface area contributed by atoms with Gasteiger partial charge in [-0.1, -0.05) is 79.7 Å². The summed E-state index contributed by atoms with van der Waals surface area (Å²) in [5, 5.41) is 28.4. The highest BCUT2D eigenvalue weighted by molar-refractivity contribution is 5.78. The van der Waals surface area contributed by atoms with Crippen molar-refractivity contribution >= 4 is 11.8 Å². The number of phenols is 2. The van der Waals surface area contributed by atoms with Crippen LogP contribution in [0, 0.1) is 6.92 Å². The van der Waals surface area contributed by atoms with Crippen molar-refractivity contribution in [2.45, 2.75) is 39.5 Å². The van der Waals surface area contributed by atoms with Crippen LogP contribution in [0.2, 0.25) is 0 Å². The maximum absolute atomic E-state index is 12.8. The average Bonchev–Trinajstić information content (AvgIpc) is 3.10. The molecule has 0 fully saturated rings. The Labute approximate surface area is 308 Å². The molecule has 0 saturated heterocycles. The van der Waals surface area contributed by atoms with Gasteiger partial charge in [-0.2, -0.15) is 0 Å². The van der Waals surface area contributed by atoms with Crippen LogP contribution < -0.4 is 20.1 Å². The zero-order chi connectivity index (χ0) is 37.6. The van der Waals surface area contributed by atoms with Crippen molar-refractivity contribution in [2.24, 2.45) is 0 Å². The second kappa shape index (κ2) is 19.5. The lowest BCUT2D eigenvalue weighted by Crippen LogP contribution is -2.34. The minimum Gasteiger partial charge on any atom is -0.507 e. The lowest BCUT2D eigenvalue weighted by atomic mass is 9.94. The molecule has 4 rings (SSSR count). The Balaban J connectivity index is 1.59. The van der Waals surface area contributed by atoms with Crippen molar-refractivity contribution in [3.63, 3.8) is 0 Å². The normalized spacial score (nSPS) is 11.2. The van der Waals surface area contributed by atoms with E-state index in [4.69, 9.17) is 9.47 Å². The fourth-order valence-corrected chi connectivity index (χ4v) is 5.99. The molecule has 0 radical (unpaired) electrons. The number of para-hydroxylation sites is 4. The smallest absolute Gasteiger partial charge is 0.257 e. The Morgan fingerprint density at radius 2 is 0.942 bits per heavy atom. The summed E-state index contributed by atoms with van der Waals surface area (Å²) in [4.78, 5) is 29.2. The molecule has 10 nitrogen and oxygen atoms in total. The fraction of sp³-hybridized carbons (Fsp3) is 0.381. The van der Waals surface area contributed by atoms with E-state index in [1.165, 1.54) is 0 Å². The molecule has 4 N–H and O–H groups in total. The van der Waals surface area contributed by atoms with Gasteiger partial charge in [-0.3, -0.25) is 9.59 Å². The summed E-state index contributed by atoms with van der Waals surface area (Å²) in [5.74, 6) is 1.17. The van der Waals surface area contributed by atoms with Gasteiger partial charge in [-0.05, 0) is 86.0 Å². The first kappa shape index (κ1) is 39.7. The highest BCUT2D eigenvalue weighted by Gasteiger charge is 2.19. The topological polar surface area (TPSA) is 124 Å². The molecule has 0 spiro atoms. The van der Waals surface area contributed by atoms with Crippen LogP contribution in [-0.4, -0.2) is 99.4 Å². The van der Waals surface area contributed by atoms with Crippen molar-refractivity contribution in [2.75, 3.05) is 67.6 Å². The summed E-state index contributed by atoms with van der Waals surface area (Å²) in [6.07, 6.45) is 1.84. The number of hydrogen-bond donors (Lipinski definition) is 4. The number of phenolic OH excluding ortho intramolecular Hbond substituents is 2. The molecular formula is C42H54N4O6. The standard InChI is InChI=1S/C42H54N4O6/c1-7-30-13-9-14-31(39(30)49)25-35-18-11-19-36(42(35)52-28-38(48)44-21-23-46(5)6)26-33-16-10-15-32(40(33)50)24-34-17-8-12-29(2)41(34)51-27-37(47)43-20-22-45(3)4/h8-19,49-50H,7,20-28H2,1-6H3,(H,43,47)(H,44,48). The van der Waals surface area contributed by atoms with E-state index in [9.17, 15) is 19.8 Å². The lowest BCUT2D eigenvalue weighted by molar-refractivity contribution is -0.123. The second-order valence-electron chi connectivity index (χ2n) is 13.6. The SMILES string of the molecule is CCc1cccc(Cc2cccc(Cc3cccc(Cc4cccc(C)c4OCC(=O)NCCN(C)C)c3O)c2OCC(=O)NCCN(C)C)c1O. The molecule has 4 aromatic rings. The number of hydrogen-bond acceptors (Lipinski definition) is 8. The summed E-state index contributed by atoms with van der Waals surface area (Å²) in [6, 6.07) is 23.1. The molecule has 0 bridgehead atoms. The number of nitrogens with one attached hydrogen (secondary N) is 2. The molecule has 0 heterocycles. The number of likely N-dealkylation sites (N-methyl/N-ethyl adjacent to an activating group) is 2. The average molecular weight is 711 g/mol. The minimum atomic E-state index is -0.231. The van der Waals surface area contributed by atoms with Gasteiger partial charge in [-0.25, -0.2) is 0 Å². The zero-order valence-electron chi connectivity index (χ0n) is 31.4. The fourth-order valence-electron chi connectivity index (χ4n) is 5.99. The molecule has 0 aliphatic carbocycles. The lowest BCUT2D eigenvalue weighted by Gasteiger charge is -2.19. The van der Waals surface area contributed by atoms with Crippen LogP contribution in [0.1, 0.15) is 51.4 Å². The van der Waals surface area contributed by atoms with E-state index in [-0.39, 0.29) is 36.5 Å². The minimum absolute atomic E-state index is 0.107. The van der Waals surface area contributed by atoms with Crippen LogP contribution in [-0.2, 0) is 35.3 Å². The molecular weight excluding hydrogens is 656 g/mol. The van der Waals surface area contributed by atoms with E-state index >= 15 is 0 Å². The number of rotatable bonds is 19. The van der Waals surface area contributed by atoms with Crippen LogP contribution in [0.5, 0.6) is 23.0 Å². The van der Waals surface area contributed by atoms with E-state index in [1.54, 1.807) is 0 Å². The van der Waals surface area contributed by atoms with Crippen molar-refractivity contribution in [1.29, 1.82) is 0 Å². The van der Waals surface area contributed by atoms with E-state index in [1.807, 2.05) is 125 Å².